The van der Waals surface area contributed by atoms with Crippen molar-refractivity contribution in [3.63, 3.8) is 0 Å². The maximum Gasteiger partial charge on any atom is 0.312 e. The van der Waals surface area contributed by atoms with Crippen LogP contribution in [-0.2, 0) is 31.0 Å². The fourth-order valence-corrected chi connectivity index (χ4v) is 3.53. The van der Waals surface area contributed by atoms with Crippen molar-refractivity contribution in [3.8, 4) is 0 Å². The Kier molecular flexibility index (Phi) is 6.46. The van der Waals surface area contributed by atoms with Gasteiger partial charge < -0.3 is 9.64 Å². The van der Waals surface area contributed by atoms with Gasteiger partial charge in [-0.1, -0.05) is 42.5 Å². The molecule has 0 spiro atoms. The van der Waals surface area contributed by atoms with E-state index in [9.17, 15) is 18.0 Å². The van der Waals surface area contributed by atoms with Crippen LogP contribution in [0, 0.1) is 5.92 Å². The number of carbonyl (C=O) groups excluding carboxylic acids is 2. The number of hydrogen-bond acceptors (Lipinski definition) is 5. The number of likely N-dealkylation sites (tertiary alicyclic amines) is 1. The number of nitrogens with one attached hydrogen (secondary N) is 1. The van der Waals surface area contributed by atoms with E-state index < -0.39 is 10.0 Å². The summed E-state index contributed by atoms with van der Waals surface area (Å²) in [5.41, 5.74) is 1.62. The molecule has 8 heteroatoms. The quantitative estimate of drug-likeness (QED) is 0.551. The van der Waals surface area contributed by atoms with Gasteiger partial charge in [-0.3, -0.25) is 9.59 Å². The average molecular weight is 414 g/mol. The van der Waals surface area contributed by atoms with E-state index in [0.29, 0.717) is 18.7 Å². The Hall–Kier alpha value is -2.97. The number of amides is 1. The van der Waals surface area contributed by atoms with Gasteiger partial charge in [0.25, 0.3) is 0 Å². The Bertz CT molecular complexity index is 995. The third-order valence-corrected chi connectivity index (χ3v) is 6.06. The van der Waals surface area contributed by atoms with Gasteiger partial charge in [0.1, 0.15) is 6.61 Å². The maximum atomic E-state index is 12.2. The van der Waals surface area contributed by atoms with Crippen LogP contribution in [0.25, 0.3) is 6.08 Å². The van der Waals surface area contributed by atoms with E-state index >= 15 is 0 Å². The highest BCUT2D eigenvalue weighted by atomic mass is 32.2. The van der Waals surface area contributed by atoms with Crippen LogP contribution in [0.15, 0.2) is 65.6 Å². The van der Waals surface area contributed by atoms with Gasteiger partial charge in [0, 0.05) is 19.2 Å². The SMILES string of the molecule is CNS(=O)(=O)c1ccc(/C=C/C(=O)N2CC(C(=O)OCc3ccccc3)C2)cc1. The van der Waals surface area contributed by atoms with E-state index in [0.717, 1.165) is 5.56 Å². The van der Waals surface area contributed by atoms with Gasteiger partial charge in [-0.2, -0.15) is 0 Å². The van der Waals surface area contributed by atoms with Gasteiger partial charge in [0.2, 0.25) is 15.9 Å². The third-order valence-electron chi connectivity index (χ3n) is 4.63. The van der Waals surface area contributed by atoms with Crippen molar-refractivity contribution >= 4 is 28.0 Å². The fourth-order valence-electron chi connectivity index (χ4n) is 2.80. The number of sulfonamides is 1. The first-order valence-corrected chi connectivity index (χ1v) is 10.6. The topological polar surface area (TPSA) is 92.8 Å². The molecule has 2 aromatic rings. The summed E-state index contributed by atoms with van der Waals surface area (Å²) in [6.45, 7) is 0.885. The molecule has 1 amide bonds. The minimum atomic E-state index is -3.48. The van der Waals surface area contributed by atoms with Crippen LogP contribution < -0.4 is 4.72 Å². The van der Waals surface area contributed by atoms with E-state index in [1.165, 1.54) is 25.3 Å². The van der Waals surface area contributed by atoms with Crippen molar-refractivity contribution in [2.75, 3.05) is 20.1 Å². The van der Waals surface area contributed by atoms with Crippen LogP contribution in [0.4, 0.5) is 0 Å². The summed E-state index contributed by atoms with van der Waals surface area (Å²) >= 11 is 0. The first kappa shape index (κ1) is 20.8. The molecule has 0 aromatic heterocycles. The van der Waals surface area contributed by atoms with Crippen molar-refractivity contribution in [1.29, 1.82) is 0 Å². The Labute approximate surface area is 170 Å². The largest absolute Gasteiger partial charge is 0.460 e. The third kappa shape index (κ3) is 5.30. The zero-order valence-electron chi connectivity index (χ0n) is 15.9. The molecule has 0 bridgehead atoms. The minimum Gasteiger partial charge on any atom is -0.460 e. The zero-order chi connectivity index (χ0) is 20.9. The lowest BCUT2D eigenvalue weighted by Gasteiger charge is -2.36. The predicted octanol–water partition coefficient (Wildman–Crippen LogP) is 1.81. The van der Waals surface area contributed by atoms with Gasteiger partial charge in [-0.25, -0.2) is 13.1 Å². The normalized spacial score (nSPS) is 14.6. The van der Waals surface area contributed by atoms with Crippen LogP contribution in [-0.4, -0.2) is 45.3 Å². The van der Waals surface area contributed by atoms with E-state index in [-0.39, 0.29) is 29.3 Å². The molecule has 29 heavy (non-hydrogen) atoms. The molecular formula is C21H22N2O5S. The fraction of sp³-hybridized carbons (Fsp3) is 0.238. The van der Waals surface area contributed by atoms with Crippen LogP contribution in [0.1, 0.15) is 11.1 Å². The second kappa shape index (κ2) is 9.02. The van der Waals surface area contributed by atoms with Crippen molar-refractivity contribution in [3.05, 3.63) is 71.8 Å². The molecule has 1 fully saturated rings. The van der Waals surface area contributed by atoms with Gasteiger partial charge in [0.15, 0.2) is 0 Å². The number of carbonyl (C=O) groups is 2. The number of esters is 1. The summed E-state index contributed by atoms with van der Waals surface area (Å²) < 4.78 is 30.9. The molecule has 1 heterocycles. The molecule has 1 N–H and O–H groups in total. The molecule has 1 saturated heterocycles. The summed E-state index contributed by atoms with van der Waals surface area (Å²) in [6, 6.07) is 15.6. The monoisotopic (exact) mass is 414 g/mol. The Morgan fingerprint density at radius 3 is 2.38 bits per heavy atom. The summed E-state index contributed by atoms with van der Waals surface area (Å²) in [5, 5.41) is 0. The Balaban J connectivity index is 1.46. The second-order valence-corrected chi connectivity index (χ2v) is 8.53. The smallest absolute Gasteiger partial charge is 0.312 e. The molecule has 0 aliphatic carbocycles. The molecule has 0 saturated carbocycles. The van der Waals surface area contributed by atoms with E-state index in [2.05, 4.69) is 4.72 Å². The van der Waals surface area contributed by atoms with E-state index in [1.54, 1.807) is 23.1 Å². The molecule has 0 atom stereocenters. The number of benzene rings is 2. The lowest BCUT2D eigenvalue weighted by atomic mass is 10.0. The highest BCUT2D eigenvalue weighted by Crippen LogP contribution is 2.19. The second-order valence-electron chi connectivity index (χ2n) is 6.64. The Morgan fingerprint density at radius 2 is 1.76 bits per heavy atom. The summed E-state index contributed by atoms with van der Waals surface area (Å²) in [4.78, 5) is 26.0. The molecule has 1 aliphatic rings. The molecule has 152 valence electrons. The number of rotatable bonds is 7. The van der Waals surface area contributed by atoms with Gasteiger partial charge in [-0.15, -0.1) is 0 Å². The number of nitrogens with zero attached hydrogens (tertiary/aromatic N) is 1. The Morgan fingerprint density at radius 1 is 1.10 bits per heavy atom. The van der Waals surface area contributed by atoms with Gasteiger partial charge in [0.05, 0.1) is 10.8 Å². The lowest BCUT2D eigenvalue weighted by Crippen LogP contribution is -2.52. The molecule has 0 radical (unpaired) electrons. The highest BCUT2D eigenvalue weighted by molar-refractivity contribution is 7.89. The number of hydrogen-bond donors (Lipinski definition) is 1. The van der Waals surface area contributed by atoms with E-state index in [4.69, 9.17) is 4.74 Å². The molecule has 0 unspecified atom stereocenters. The molecule has 1 aliphatic heterocycles. The standard InChI is InChI=1S/C21H22N2O5S/c1-22-29(26,27)19-10-7-16(8-11-19)9-12-20(24)23-13-18(14-23)21(25)28-15-17-5-3-2-4-6-17/h2-12,18,22H,13-15H2,1H3/b12-9+. The van der Waals surface area contributed by atoms with Crippen LogP contribution in [0.5, 0.6) is 0 Å². The van der Waals surface area contributed by atoms with Crippen molar-refractivity contribution in [2.45, 2.75) is 11.5 Å². The highest BCUT2D eigenvalue weighted by Gasteiger charge is 2.35. The summed E-state index contributed by atoms with van der Waals surface area (Å²) in [6.07, 6.45) is 3.02. The zero-order valence-corrected chi connectivity index (χ0v) is 16.8. The lowest BCUT2D eigenvalue weighted by molar-refractivity contribution is -0.158. The van der Waals surface area contributed by atoms with Gasteiger partial charge in [-0.05, 0) is 36.4 Å². The predicted molar refractivity (Wildman–Crippen MR) is 108 cm³/mol. The molecule has 2 aromatic carbocycles. The maximum absolute atomic E-state index is 12.2. The molecule has 7 nitrogen and oxygen atoms in total. The van der Waals surface area contributed by atoms with Crippen molar-refractivity contribution in [1.82, 2.24) is 9.62 Å². The summed E-state index contributed by atoms with van der Waals surface area (Å²) in [5.74, 6) is -0.811. The van der Waals surface area contributed by atoms with Crippen LogP contribution >= 0.6 is 0 Å². The molecule has 3 rings (SSSR count). The number of ether oxygens (including phenoxy) is 1. The first-order chi connectivity index (χ1) is 13.9. The first-order valence-electron chi connectivity index (χ1n) is 9.10. The average Bonchev–Trinajstić information content (AvgIpc) is 2.70. The van der Waals surface area contributed by atoms with Gasteiger partial charge >= 0.3 is 5.97 Å². The van der Waals surface area contributed by atoms with Crippen LogP contribution in [0.2, 0.25) is 0 Å². The van der Waals surface area contributed by atoms with E-state index in [1.807, 2.05) is 30.3 Å². The van der Waals surface area contributed by atoms with Crippen LogP contribution in [0.3, 0.4) is 0 Å². The molecular weight excluding hydrogens is 392 g/mol. The van der Waals surface area contributed by atoms with Crippen molar-refractivity contribution in [2.24, 2.45) is 5.92 Å². The summed E-state index contributed by atoms with van der Waals surface area (Å²) in [7, 11) is -2.14. The minimum absolute atomic E-state index is 0.156. The van der Waals surface area contributed by atoms with Crippen molar-refractivity contribution < 1.29 is 22.7 Å².